The van der Waals surface area contributed by atoms with Gasteiger partial charge in [0.2, 0.25) is 0 Å². The van der Waals surface area contributed by atoms with Crippen LogP contribution in [0.15, 0.2) is 24.3 Å². The van der Waals surface area contributed by atoms with Crippen molar-refractivity contribution in [2.24, 2.45) is 0 Å². The number of carbonyl (C=O) groups is 1. The summed E-state index contributed by atoms with van der Waals surface area (Å²) in [5.74, 6) is 6.86. The smallest absolute Gasteiger partial charge is 0.159 e. The van der Waals surface area contributed by atoms with Crippen molar-refractivity contribution in [3.8, 4) is 11.8 Å². The van der Waals surface area contributed by atoms with Crippen molar-refractivity contribution in [1.29, 1.82) is 0 Å². The summed E-state index contributed by atoms with van der Waals surface area (Å²) in [7, 11) is 0. The normalized spacial score (nSPS) is 19.4. The molecular weight excluding hydrogens is 306 g/mol. The van der Waals surface area contributed by atoms with Crippen molar-refractivity contribution in [1.82, 2.24) is 4.90 Å². The Morgan fingerprint density at radius 3 is 1.92 bits per heavy atom. The second-order valence-electron chi connectivity index (χ2n) is 7.69. The third-order valence-corrected chi connectivity index (χ3v) is 5.87. The molecule has 0 heterocycles. The molecule has 0 aromatic heterocycles. The van der Waals surface area contributed by atoms with Crippen LogP contribution in [0.4, 0.5) is 0 Å². The van der Waals surface area contributed by atoms with Crippen molar-refractivity contribution in [2.75, 3.05) is 6.54 Å². The molecule has 2 aliphatic rings. The van der Waals surface area contributed by atoms with Crippen LogP contribution in [0, 0.1) is 11.8 Å². The summed E-state index contributed by atoms with van der Waals surface area (Å²) in [5, 5.41) is 0. The van der Waals surface area contributed by atoms with Gasteiger partial charge in [-0.15, -0.1) is 0 Å². The van der Waals surface area contributed by atoms with Crippen LogP contribution in [0.3, 0.4) is 0 Å². The van der Waals surface area contributed by atoms with Crippen LogP contribution in [0.25, 0.3) is 0 Å². The molecule has 0 atom stereocenters. The first-order valence-electron chi connectivity index (χ1n) is 10.1. The number of hydrogen-bond donors (Lipinski definition) is 0. The maximum Gasteiger partial charge on any atom is 0.159 e. The molecule has 0 N–H and O–H groups in total. The molecule has 0 saturated heterocycles. The molecule has 2 nitrogen and oxygen atoms in total. The molecule has 2 saturated carbocycles. The van der Waals surface area contributed by atoms with E-state index in [1.807, 2.05) is 24.3 Å². The van der Waals surface area contributed by atoms with E-state index in [2.05, 4.69) is 16.7 Å². The van der Waals surface area contributed by atoms with E-state index in [1.54, 1.807) is 6.92 Å². The van der Waals surface area contributed by atoms with Crippen LogP contribution in [-0.2, 0) is 0 Å². The lowest BCUT2D eigenvalue weighted by Gasteiger charge is -2.40. The lowest BCUT2D eigenvalue weighted by Crippen LogP contribution is -2.45. The molecule has 0 spiro atoms. The number of benzene rings is 1. The van der Waals surface area contributed by atoms with Gasteiger partial charge in [-0.2, -0.15) is 0 Å². The highest BCUT2D eigenvalue weighted by Gasteiger charge is 2.27. The number of hydrogen-bond acceptors (Lipinski definition) is 2. The van der Waals surface area contributed by atoms with E-state index in [-0.39, 0.29) is 5.78 Å². The highest BCUT2D eigenvalue weighted by Crippen LogP contribution is 2.29. The predicted molar refractivity (Wildman–Crippen MR) is 104 cm³/mol. The van der Waals surface area contributed by atoms with Gasteiger partial charge in [-0.25, -0.2) is 0 Å². The van der Waals surface area contributed by atoms with Crippen molar-refractivity contribution < 1.29 is 4.79 Å². The fraction of sp³-hybridized carbons (Fsp3) is 0.609. The quantitative estimate of drug-likeness (QED) is 0.555. The van der Waals surface area contributed by atoms with Gasteiger partial charge in [0.1, 0.15) is 0 Å². The summed E-state index contributed by atoms with van der Waals surface area (Å²) in [4.78, 5) is 14.1. The van der Waals surface area contributed by atoms with E-state index in [9.17, 15) is 4.79 Å². The maximum absolute atomic E-state index is 11.4. The Labute approximate surface area is 153 Å². The molecule has 0 bridgehead atoms. The molecule has 1 aromatic carbocycles. The van der Waals surface area contributed by atoms with Gasteiger partial charge in [0.05, 0.1) is 6.54 Å². The van der Waals surface area contributed by atoms with Gasteiger partial charge in [-0.3, -0.25) is 9.69 Å². The largest absolute Gasteiger partial charge is 0.295 e. The van der Waals surface area contributed by atoms with E-state index in [0.29, 0.717) is 0 Å². The number of nitrogens with zero attached hydrogens (tertiary/aromatic N) is 1. The lowest BCUT2D eigenvalue weighted by molar-refractivity contribution is 0.0961. The van der Waals surface area contributed by atoms with Gasteiger partial charge in [-0.05, 0) is 44.7 Å². The molecule has 0 radical (unpaired) electrons. The first-order chi connectivity index (χ1) is 12.2. The second-order valence-corrected chi connectivity index (χ2v) is 7.69. The molecule has 2 aliphatic carbocycles. The monoisotopic (exact) mass is 337 g/mol. The fourth-order valence-corrected chi connectivity index (χ4v) is 4.40. The standard InChI is InChI=1S/C23H31NO/c1-19(25)21-16-14-20(15-17-21)9-8-18-24(22-10-4-2-5-11-22)23-12-6-3-7-13-23/h14-17,22-23H,2-7,10-13,18H2,1H3. The van der Waals surface area contributed by atoms with Gasteiger partial charge in [0.15, 0.2) is 5.78 Å². The van der Waals surface area contributed by atoms with Crippen molar-refractivity contribution in [3.05, 3.63) is 35.4 Å². The van der Waals surface area contributed by atoms with Gasteiger partial charge in [-0.1, -0.05) is 62.5 Å². The molecule has 0 unspecified atom stereocenters. The Morgan fingerprint density at radius 2 is 1.44 bits per heavy atom. The number of carbonyl (C=O) groups excluding carboxylic acids is 1. The van der Waals surface area contributed by atoms with Gasteiger partial charge < -0.3 is 0 Å². The predicted octanol–water partition coefficient (Wildman–Crippen LogP) is 5.21. The first-order valence-corrected chi connectivity index (χ1v) is 10.1. The maximum atomic E-state index is 11.4. The van der Waals surface area contributed by atoms with Crippen LogP contribution in [0.1, 0.15) is 87.1 Å². The topological polar surface area (TPSA) is 20.3 Å². The van der Waals surface area contributed by atoms with Gasteiger partial charge in [0, 0.05) is 23.2 Å². The minimum atomic E-state index is 0.111. The molecule has 2 fully saturated rings. The van der Waals surface area contributed by atoms with Crippen molar-refractivity contribution in [3.63, 3.8) is 0 Å². The van der Waals surface area contributed by atoms with E-state index in [0.717, 1.165) is 29.8 Å². The Balaban J connectivity index is 1.66. The van der Waals surface area contributed by atoms with Crippen LogP contribution in [0.5, 0.6) is 0 Å². The van der Waals surface area contributed by atoms with Crippen LogP contribution >= 0.6 is 0 Å². The van der Waals surface area contributed by atoms with E-state index >= 15 is 0 Å². The molecule has 0 amide bonds. The Kier molecular flexibility index (Phi) is 6.70. The number of rotatable bonds is 4. The third kappa shape index (κ3) is 5.19. The summed E-state index contributed by atoms with van der Waals surface area (Å²) in [6, 6.07) is 9.18. The number of ketones is 1. The zero-order chi connectivity index (χ0) is 17.5. The highest BCUT2D eigenvalue weighted by molar-refractivity contribution is 5.94. The first kappa shape index (κ1) is 18.2. The SMILES string of the molecule is CC(=O)c1ccc(C#CCN(C2CCCCC2)C2CCCCC2)cc1. The van der Waals surface area contributed by atoms with Crippen LogP contribution < -0.4 is 0 Å². The van der Waals surface area contributed by atoms with E-state index in [1.165, 1.54) is 64.2 Å². The Hall–Kier alpha value is -1.59. The molecule has 0 aliphatic heterocycles. The molecule has 1 aromatic rings. The molecule has 3 rings (SSSR count). The van der Waals surface area contributed by atoms with Gasteiger partial charge >= 0.3 is 0 Å². The summed E-state index contributed by atoms with van der Waals surface area (Å²) < 4.78 is 0. The van der Waals surface area contributed by atoms with Crippen molar-refractivity contribution >= 4 is 5.78 Å². The van der Waals surface area contributed by atoms with E-state index in [4.69, 9.17) is 0 Å². The van der Waals surface area contributed by atoms with Gasteiger partial charge in [0.25, 0.3) is 0 Å². The molecule has 25 heavy (non-hydrogen) atoms. The average molecular weight is 338 g/mol. The Bertz CT molecular complexity index is 592. The molecular formula is C23H31NO. The zero-order valence-electron chi connectivity index (χ0n) is 15.6. The molecule has 134 valence electrons. The Morgan fingerprint density at radius 1 is 0.920 bits per heavy atom. The zero-order valence-corrected chi connectivity index (χ0v) is 15.6. The van der Waals surface area contributed by atoms with Crippen LogP contribution in [0.2, 0.25) is 0 Å². The summed E-state index contributed by atoms with van der Waals surface area (Å²) in [6.07, 6.45) is 13.8. The number of Topliss-reactive ketones (excluding diaryl/α,β-unsaturated/α-hetero) is 1. The van der Waals surface area contributed by atoms with Crippen LogP contribution in [-0.4, -0.2) is 29.3 Å². The minimum Gasteiger partial charge on any atom is -0.295 e. The summed E-state index contributed by atoms with van der Waals surface area (Å²) in [6.45, 7) is 2.50. The van der Waals surface area contributed by atoms with E-state index < -0.39 is 0 Å². The highest BCUT2D eigenvalue weighted by atomic mass is 16.1. The average Bonchev–Trinajstić information content (AvgIpc) is 2.67. The minimum absolute atomic E-state index is 0.111. The summed E-state index contributed by atoms with van der Waals surface area (Å²) in [5.41, 5.74) is 1.77. The fourth-order valence-electron chi connectivity index (χ4n) is 4.40. The third-order valence-electron chi connectivity index (χ3n) is 5.87. The summed E-state index contributed by atoms with van der Waals surface area (Å²) >= 11 is 0. The lowest BCUT2D eigenvalue weighted by atomic mass is 9.88. The molecule has 2 heteroatoms. The second kappa shape index (κ2) is 9.20. The van der Waals surface area contributed by atoms with Crippen molar-refractivity contribution in [2.45, 2.75) is 83.2 Å².